The van der Waals surface area contributed by atoms with Crippen LogP contribution in [0.5, 0.6) is 0 Å². The second-order valence-corrected chi connectivity index (χ2v) is 3.95. The maximum atomic E-state index is 13.0. The zero-order valence-electron chi connectivity index (χ0n) is 10.4. The number of esters is 1. The Bertz CT molecular complexity index is 624. The summed E-state index contributed by atoms with van der Waals surface area (Å²) in [6.07, 6.45) is -4.73. The van der Waals surface area contributed by atoms with Gasteiger partial charge < -0.3 is 4.74 Å². The molecule has 1 aromatic carbocycles. The lowest BCUT2D eigenvalue weighted by Gasteiger charge is -2.12. The van der Waals surface area contributed by atoms with Gasteiger partial charge in [0.15, 0.2) is 5.69 Å². The topological polar surface area (TPSA) is 39.2 Å². The summed E-state index contributed by atoms with van der Waals surface area (Å²) in [6.45, 7) is 0. The Kier molecular flexibility index (Phi) is 3.74. The molecular weight excluding hydrogens is 271 g/mol. The number of hydrogen-bond donors (Lipinski definition) is 0. The standard InChI is InChI=1S/C14H10F3NO2/c1-20-13(19)10-7-8-11(9-5-3-2-4-6-9)18-12(10)14(15,16)17/h2-8H,1H3. The number of carbonyl (C=O) groups excluding carboxylic acids is 1. The van der Waals surface area contributed by atoms with E-state index in [1.807, 2.05) is 0 Å². The Morgan fingerprint density at radius 3 is 2.30 bits per heavy atom. The van der Waals surface area contributed by atoms with E-state index in [0.29, 0.717) is 5.56 Å². The van der Waals surface area contributed by atoms with Gasteiger partial charge in [0, 0.05) is 5.56 Å². The molecule has 1 heterocycles. The van der Waals surface area contributed by atoms with E-state index in [4.69, 9.17) is 0 Å². The average Bonchev–Trinajstić information content (AvgIpc) is 2.46. The van der Waals surface area contributed by atoms with Crippen molar-refractivity contribution in [2.45, 2.75) is 6.18 Å². The van der Waals surface area contributed by atoms with Crippen LogP contribution in [0.25, 0.3) is 11.3 Å². The summed E-state index contributed by atoms with van der Waals surface area (Å²) in [7, 11) is 1.02. The summed E-state index contributed by atoms with van der Waals surface area (Å²) in [5, 5.41) is 0. The number of halogens is 3. The van der Waals surface area contributed by atoms with Gasteiger partial charge in [-0.2, -0.15) is 13.2 Å². The van der Waals surface area contributed by atoms with Crippen LogP contribution >= 0.6 is 0 Å². The number of methoxy groups -OCH3 is 1. The molecule has 0 aliphatic rings. The molecule has 2 aromatic rings. The van der Waals surface area contributed by atoms with E-state index >= 15 is 0 Å². The van der Waals surface area contributed by atoms with Crippen LogP contribution in [0.1, 0.15) is 16.1 Å². The Balaban J connectivity index is 2.58. The molecule has 0 aliphatic carbocycles. The van der Waals surface area contributed by atoms with E-state index in [9.17, 15) is 18.0 Å². The maximum Gasteiger partial charge on any atom is 0.434 e. The number of benzene rings is 1. The molecule has 20 heavy (non-hydrogen) atoms. The first-order valence-electron chi connectivity index (χ1n) is 5.65. The van der Waals surface area contributed by atoms with Gasteiger partial charge in [-0.15, -0.1) is 0 Å². The molecule has 3 nitrogen and oxygen atoms in total. The summed E-state index contributed by atoms with van der Waals surface area (Å²) in [5.41, 5.74) is -1.16. The molecule has 0 spiro atoms. The predicted molar refractivity (Wildman–Crippen MR) is 66.0 cm³/mol. The van der Waals surface area contributed by atoms with Crippen LogP contribution in [-0.2, 0) is 10.9 Å². The third kappa shape index (κ3) is 2.79. The van der Waals surface area contributed by atoms with Gasteiger partial charge in [-0.1, -0.05) is 30.3 Å². The molecule has 0 amide bonds. The van der Waals surface area contributed by atoms with Crippen molar-refractivity contribution in [3.63, 3.8) is 0 Å². The number of aromatic nitrogens is 1. The number of alkyl halides is 3. The molecular formula is C14H10F3NO2. The van der Waals surface area contributed by atoms with E-state index in [-0.39, 0.29) is 5.69 Å². The molecule has 0 aliphatic heterocycles. The number of carbonyl (C=O) groups is 1. The van der Waals surface area contributed by atoms with Gasteiger partial charge in [0.1, 0.15) is 0 Å². The van der Waals surface area contributed by atoms with Crippen LogP contribution in [0, 0.1) is 0 Å². The van der Waals surface area contributed by atoms with Crippen molar-refractivity contribution in [2.24, 2.45) is 0 Å². The zero-order valence-corrected chi connectivity index (χ0v) is 10.4. The monoisotopic (exact) mass is 281 g/mol. The van der Waals surface area contributed by atoms with Gasteiger partial charge >= 0.3 is 12.1 Å². The Morgan fingerprint density at radius 2 is 1.75 bits per heavy atom. The first kappa shape index (κ1) is 14.0. The van der Waals surface area contributed by atoms with Crippen LogP contribution in [0.2, 0.25) is 0 Å². The highest BCUT2D eigenvalue weighted by Crippen LogP contribution is 2.32. The molecule has 0 radical (unpaired) electrons. The van der Waals surface area contributed by atoms with Crippen molar-refractivity contribution < 1.29 is 22.7 Å². The van der Waals surface area contributed by atoms with Crippen molar-refractivity contribution in [2.75, 3.05) is 7.11 Å². The average molecular weight is 281 g/mol. The van der Waals surface area contributed by atoms with Crippen LogP contribution in [0.3, 0.4) is 0 Å². The van der Waals surface area contributed by atoms with Crippen LogP contribution in [0.15, 0.2) is 42.5 Å². The Hall–Kier alpha value is -2.37. The summed E-state index contributed by atoms with van der Waals surface area (Å²) in [6, 6.07) is 10.8. The summed E-state index contributed by atoms with van der Waals surface area (Å²) < 4.78 is 43.3. The van der Waals surface area contributed by atoms with E-state index < -0.39 is 23.4 Å². The number of nitrogens with zero attached hydrogens (tertiary/aromatic N) is 1. The molecule has 0 saturated carbocycles. The number of rotatable bonds is 2. The van der Waals surface area contributed by atoms with Crippen molar-refractivity contribution in [1.82, 2.24) is 4.98 Å². The molecule has 0 saturated heterocycles. The second-order valence-electron chi connectivity index (χ2n) is 3.95. The molecule has 104 valence electrons. The van der Waals surface area contributed by atoms with Gasteiger partial charge in [0.05, 0.1) is 18.4 Å². The van der Waals surface area contributed by atoms with E-state index in [0.717, 1.165) is 13.2 Å². The number of hydrogen-bond acceptors (Lipinski definition) is 3. The summed E-state index contributed by atoms with van der Waals surface area (Å²) in [5.74, 6) is -1.07. The minimum atomic E-state index is -4.73. The van der Waals surface area contributed by atoms with E-state index in [2.05, 4.69) is 9.72 Å². The van der Waals surface area contributed by atoms with Crippen LogP contribution in [0.4, 0.5) is 13.2 Å². The minimum Gasteiger partial charge on any atom is -0.465 e. The largest absolute Gasteiger partial charge is 0.465 e. The van der Waals surface area contributed by atoms with Crippen LogP contribution in [-0.4, -0.2) is 18.1 Å². The second kappa shape index (κ2) is 5.32. The quantitative estimate of drug-likeness (QED) is 0.790. The SMILES string of the molecule is COC(=O)c1ccc(-c2ccccc2)nc1C(F)(F)F. The molecule has 2 rings (SSSR count). The highest BCUT2D eigenvalue weighted by atomic mass is 19.4. The fraction of sp³-hybridized carbons (Fsp3) is 0.143. The van der Waals surface area contributed by atoms with Gasteiger partial charge in [-0.3, -0.25) is 0 Å². The molecule has 0 atom stereocenters. The smallest absolute Gasteiger partial charge is 0.434 e. The van der Waals surface area contributed by atoms with E-state index in [1.54, 1.807) is 30.3 Å². The van der Waals surface area contributed by atoms with Crippen molar-refractivity contribution in [1.29, 1.82) is 0 Å². The van der Waals surface area contributed by atoms with Crippen LogP contribution < -0.4 is 0 Å². The minimum absolute atomic E-state index is 0.144. The molecule has 0 unspecified atom stereocenters. The van der Waals surface area contributed by atoms with Crippen molar-refractivity contribution >= 4 is 5.97 Å². The Labute approximate surface area is 113 Å². The predicted octanol–water partition coefficient (Wildman–Crippen LogP) is 3.55. The highest BCUT2D eigenvalue weighted by molar-refractivity contribution is 5.91. The molecule has 0 fully saturated rings. The molecule has 0 N–H and O–H groups in total. The third-order valence-electron chi connectivity index (χ3n) is 2.64. The summed E-state index contributed by atoms with van der Waals surface area (Å²) >= 11 is 0. The first-order valence-corrected chi connectivity index (χ1v) is 5.65. The molecule has 1 aromatic heterocycles. The zero-order chi connectivity index (χ0) is 14.8. The van der Waals surface area contributed by atoms with Crippen molar-refractivity contribution in [3.05, 3.63) is 53.7 Å². The van der Waals surface area contributed by atoms with Gasteiger partial charge in [-0.05, 0) is 12.1 Å². The molecule has 0 bridgehead atoms. The maximum absolute atomic E-state index is 13.0. The normalized spacial score (nSPS) is 11.2. The lowest BCUT2D eigenvalue weighted by Crippen LogP contribution is -2.16. The number of ether oxygens (including phenoxy) is 1. The third-order valence-corrected chi connectivity index (χ3v) is 2.64. The van der Waals surface area contributed by atoms with E-state index in [1.165, 1.54) is 6.07 Å². The Morgan fingerprint density at radius 1 is 1.10 bits per heavy atom. The van der Waals surface area contributed by atoms with Crippen molar-refractivity contribution in [3.8, 4) is 11.3 Å². The fourth-order valence-corrected chi connectivity index (χ4v) is 1.72. The lowest BCUT2D eigenvalue weighted by molar-refractivity contribution is -0.141. The molecule has 6 heteroatoms. The fourth-order valence-electron chi connectivity index (χ4n) is 1.72. The summed E-state index contributed by atoms with van der Waals surface area (Å²) in [4.78, 5) is 14.9. The van der Waals surface area contributed by atoms with Gasteiger partial charge in [0.25, 0.3) is 0 Å². The lowest BCUT2D eigenvalue weighted by atomic mass is 10.1. The highest BCUT2D eigenvalue weighted by Gasteiger charge is 2.38. The first-order chi connectivity index (χ1) is 9.43. The van der Waals surface area contributed by atoms with Gasteiger partial charge in [0.2, 0.25) is 0 Å². The number of pyridine rings is 1. The van der Waals surface area contributed by atoms with Gasteiger partial charge in [-0.25, -0.2) is 9.78 Å².